The van der Waals surface area contributed by atoms with Crippen LogP contribution in [0.5, 0.6) is 5.75 Å². The van der Waals surface area contributed by atoms with E-state index in [0.29, 0.717) is 12.1 Å². The molecule has 0 bridgehead atoms. The number of carbonyl (C=O) groups excluding carboxylic acids is 1. The molecule has 0 aliphatic rings. The van der Waals surface area contributed by atoms with Gasteiger partial charge in [0, 0.05) is 18.5 Å². The molecule has 20 heavy (non-hydrogen) atoms. The van der Waals surface area contributed by atoms with Gasteiger partial charge < -0.3 is 15.2 Å². The van der Waals surface area contributed by atoms with Gasteiger partial charge in [0.1, 0.15) is 5.75 Å². The Labute approximate surface area is 115 Å². The SMILES string of the molecule is O=C(O)CCCC(=O)c1ccc(-c2ccc(O)cc2)[nH]1. The van der Waals surface area contributed by atoms with Crippen molar-refractivity contribution in [1.82, 2.24) is 4.98 Å². The standard InChI is InChI=1S/C15H15NO4/c17-11-6-4-10(5-7-11)12-8-9-13(16-12)14(18)2-1-3-15(19)20/h4-9,16-17H,1-3H2,(H,19,20). The van der Waals surface area contributed by atoms with E-state index in [0.717, 1.165) is 11.3 Å². The number of aromatic hydroxyl groups is 1. The number of benzene rings is 1. The zero-order chi connectivity index (χ0) is 14.5. The number of hydrogen-bond acceptors (Lipinski definition) is 3. The molecule has 0 fully saturated rings. The lowest BCUT2D eigenvalue weighted by Gasteiger charge is -1.99. The van der Waals surface area contributed by atoms with Crippen molar-refractivity contribution < 1.29 is 19.8 Å². The molecule has 0 atom stereocenters. The molecule has 0 radical (unpaired) electrons. The molecule has 0 aliphatic carbocycles. The Morgan fingerprint density at radius 3 is 2.35 bits per heavy atom. The second-order valence-corrected chi connectivity index (χ2v) is 4.50. The molecule has 0 unspecified atom stereocenters. The van der Waals surface area contributed by atoms with Crippen LogP contribution < -0.4 is 0 Å². The lowest BCUT2D eigenvalue weighted by atomic mass is 10.1. The summed E-state index contributed by atoms with van der Waals surface area (Å²) in [5, 5.41) is 17.8. The van der Waals surface area contributed by atoms with E-state index < -0.39 is 5.97 Å². The largest absolute Gasteiger partial charge is 0.508 e. The molecule has 2 aromatic rings. The van der Waals surface area contributed by atoms with E-state index >= 15 is 0 Å². The van der Waals surface area contributed by atoms with E-state index in [1.54, 1.807) is 36.4 Å². The van der Waals surface area contributed by atoms with Gasteiger partial charge in [-0.05, 0) is 48.4 Å². The number of aromatic amines is 1. The second-order valence-electron chi connectivity index (χ2n) is 4.50. The van der Waals surface area contributed by atoms with Crippen LogP contribution in [0.25, 0.3) is 11.3 Å². The number of Topliss-reactive ketones (excluding diaryl/α,β-unsaturated/α-hetero) is 1. The molecule has 5 nitrogen and oxygen atoms in total. The summed E-state index contributed by atoms with van der Waals surface area (Å²) in [6.45, 7) is 0. The van der Waals surface area contributed by atoms with Gasteiger partial charge in [0.15, 0.2) is 5.78 Å². The summed E-state index contributed by atoms with van der Waals surface area (Å²) in [5.41, 5.74) is 2.12. The number of carboxylic acids is 1. The van der Waals surface area contributed by atoms with Crippen LogP contribution in [0.3, 0.4) is 0 Å². The zero-order valence-electron chi connectivity index (χ0n) is 10.8. The Balaban J connectivity index is 2.03. The first kappa shape index (κ1) is 13.9. The van der Waals surface area contributed by atoms with Crippen LogP contribution in [0.1, 0.15) is 29.8 Å². The molecule has 0 saturated heterocycles. The minimum atomic E-state index is -0.894. The topological polar surface area (TPSA) is 90.4 Å². The number of aromatic nitrogens is 1. The predicted octanol–water partition coefficient (Wildman–Crippen LogP) is 2.82. The third kappa shape index (κ3) is 3.47. The van der Waals surface area contributed by atoms with Crippen LogP contribution in [0.15, 0.2) is 36.4 Å². The van der Waals surface area contributed by atoms with Crippen LogP contribution in [-0.2, 0) is 4.79 Å². The summed E-state index contributed by atoms with van der Waals surface area (Å²) < 4.78 is 0. The summed E-state index contributed by atoms with van der Waals surface area (Å²) in [7, 11) is 0. The molecule has 0 saturated carbocycles. The average Bonchev–Trinajstić information content (AvgIpc) is 2.88. The van der Waals surface area contributed by atoms with E-state index in [1.807, 2.05) is 0 Å². The number of nitrogens with one attached hydrogen (secondary N) is 1. The minimum Gasteiger partial charge on any atom is -0.508 e. The zero-order valence-corrected chi connectivity index (χ0v) is 10.8. The third-order valence-electron chi connectivity index (χ3n) is 2.96. The van der Waals surface area contributed by atoms with Crippen molar-refractivity contribution in [2.45, 2.75) is 19.3 Å². The van der Waals surface area contributed by atoms with Crippen molar-refractivity contribution in [2.24, 2.45) is 0 Å². The monoisotopic (exact) mass is 273 g/mol. The number of phenolic OH excluding ortho intramolecular Hbond substituents is 1. The number of hydrogen-bond donors (Lipinski definition) is 3. The normalized spacial score (nSPS) is 10.4. The van der Waals surface area contributed by atoms with Crippen LogP contribution in [0.2, 0.25) is 0 Å². The van der Waals surface area contributed by atoms with E-state index in [4.69, 9.17) is 5.11 Å². The molecule has 0 spiro atoms. The highest BCUT2D eigenvalue weighted by Gasteiger charge is 2.10. The van der Waals surface area contributed by atoms with Gasteiger partial charge in [-0.3, -0.25) is 9.59 Å². The molecule has 1 aromatic heterocycles. The molecule has 104 valence electrons. The summed E-state index contributed by atoms with van der Waals surface area (Å²) in [5.74, 6) is -0.810. The van der Waals surface area contributed by atoms with Gasteiger partial charge in [0.25, 0.3) is 0 Å². The first-order valence-electron chi connectivity index (χ1n) is 6.29. The first-order chi connectivity index (χ1) is 9.56. The second kappa shape index (κ2) is 6.06. The van der Waals surface area contributed by atoms with E-state index in [2.05, 4.69) is 4.98 Å². The third-order valence-corrected chi connectivity index (χ3v) is 2.96. The fourth-order valence-corrected chi connectivity index (χ4v) is 1.90. The molecule has 2 rings (SSSR count). The van der Waals surface area contributed by atoms with Crippen molar-refractivity contribution in [2.75, 3.05) is 0 Å². The summed E-state index contributed by atoms with van der Waals surface area (Å²) in [4.78, 5) is 25.3. The number of H-pyrrole nitrogens is 1. The summed E-state index contributed by atoms with van der Waals surface area (Å²) >= 11 is 0. The smallest absolute Gasteiger partial charge is 0.303 e. The van der Waals surface area contributed by atoms with Gasteiger partial charge >= 0.3 is 5.97 Å². The van der Waals surface area contributed by atoms with Crippen LogP contribution >= 0.6 is 0 Å². The molecule has 1 aromatic carbocycles. The maximum absolute atomic E-state index is 11.9. The Hall–Kier alpha value is -2.56. The number of carbonyl (C=O) groups is 2. The summed E-state index contributed by atoms with van der Waals surface area (Å²) in [6, 6.07) is 10.1. The van der Waals surface area contributed by atoms with E-state index in [-0.39, 0.29) is 24.4 Å². The van der Waals surface area contributed by atoms with Crippen molar-refractivity contribution in [3.05, 3.63) is 42.1 Å². The molecule has 3 N–H and O–H groups in total. The van der Waals surface area contributed by atoms with Crippen LogP contribution in [0.4, 0.5) is 0 Å². The fraction of sp³-hybridized carbons (Fsp3) is 0.200. The number of phenols is 1. The van der Waals surface area contributed by atoms with E-state index in [1.165, 1.54) is 0 Å². The number of aliphatic carboxylic acids is 1. The first-order valence-corrected chi connectivity index (χ1v) is 6.29. The predicted molar refractivity (Wildman–Crippen MR) is 73.7 cm³/mol. The van der Waals surface area contributed by atoms with Gasteiger partial charge in [-0.2, -0.15) is 0 Å². The van der Waals surface area contributed by atoms with Crippen LogP contribution in [0, 0.1) is 0 Å². The van der Waals surface area contributed by atoms with Gasteiger partial charge in [0.05, 0.1) is 5.69 Å². The lowest BCUT2D eigenvalue weighted by Crippen LogP contribution is -2.02. The van der Waals surface area contributed by atoms with Gasteiger partial charge in [-0.1, -0.05) is 0 Å². The highest BCUT2D eigenvalue weighted by molar-refractivity contribution is 5.95. The maximum Gasteiger partial charge on any atom is 0.303 e. The number of carboxylic acid groups (broad SMARTS) is 1. The number of ketones is 1. The van der Waals surface area contributed by atoms with Gasteiger partial charge in [0.2, 0.25) is 0 Å². The van der Waals surface area contributed by atoms with Crippen LogP contribution in [-0.4, -0.2) is 26.9 Å². The van der Waals surface area contributed by atoms with Crippen molar-refractivity contribution >= 4 is 11.8 Å². The molecule has 0 amide bonds. The Kier molecular flexibility index (Phi) is 4.20. The Morgan fingerprint density at radius 1 is 1.00 bits per heavy atom. The van der Waals surface area contributed by atoms with Gasteiger partial charge in [-0.15, -0.1) is 0 Å². The molecular weight excluding hydrogens is 258 g/mol. The summed E-state index contributed by atoms with van der Waals surface area (Å²) in [6.07, 6.45) is 0.542. The fourth-order valence-electron chi connectivity index (χ4n) is 1.90. The van der Waals surface area contributed by atoms with Crippen molar-refractivity contribution in [3.8, 4) is 17.0 Å². The highest BCUT2D eigenvalue weighted by Crippen LogP contribution is 2.21. The van der Waals surface area contributed by atoms with E-state index in [9.17, 15) is 14.7 Å². The lowest BCUT2D eigenvalue weighted by molar-refractivity contribution is -0.137. The molecule has 5 heteroatoms. The Morgan fingerprint density at radius 2 is 1.70 bits per heavy atom. The number of rotatable bonds is 6. The van der Waals surface area contributed by atoms with Gasteiger partial charge in [-0.25, -0.2) is 0 Å². The maximum atomic E-state index is 11.9. The molecule has 0 aliphatic heterocycles. The molecular formula is C15H15NO4. The average molecular weight is 273 g/mol. The van der Waals surface area contributed by atoms with Crippen molar-refractivity contribution in [1.29, 1.82) is 0 Å². The Bertz CT molecular complexity index is 613. The minimum absolute atomic E-state index is 0.00271. The highest BCUT2D eigenvalue weighted by atomic mass is 16.4. The quantitative estimate of drug-likeness (QED) is 0.706. The van der Waals surface area contributed by atoms with Crippen molar-refractivity contribution in [3.63, 3.8) is 0 Å². The molecule has 1 heterocycles.